The number of pyridine rings is 2. The molecule has 0 saturated carbocycles. The van der Waals surface area contributed by atoms with Crippen LogP contribution in [-0.2, 0) is 6.54 Å². The van der Waals surface area contributed by atoms with Crippen molar-refractivity contribution < 1.29 is 14.7 Å². The van der Waals surface area contributed by atoms with Crippen LogP contribution in [0.15, 0.2) is 36.7 Å². The summed E-state index contributed by atoms with van der Waals surface area (Å²) in [7, 11) is 0. The zero-order valence-corrected chi connectivity index (χ0v) is 10.8. The Bertz CT molecular complexity index is 638. The third-order valence-corrected chi connectivity index (χ3v) is 2.78. The van der Waals surface area contributed by atoms with E-state index in [1.807, 2.05) is 19.1 Å². The molecule has 0 unspecified atom stereocenters. The molecule has 102 valence electrons. The monoisotopic (exact) mass is 271 g/mol. The second-order valence-corrected chi connectivity index (χ2v) is 4.19. The first-order valence-electron chi connectivity index (χ1n) is 5.96. The van der Waals surface area contributed by atoms with Crippen LogP contribution in [-0.4, -0.2) is 27.0 Å². The van der Waals surface area contributed by atoms with Gasteiger partial charge in [0.15, 0.2) is 0 Å². The number of aromatic nitrogens is 2. The summed E-state index contributed by atoms with van der Waals surface area (Å²) in [5, 5.41) is 11.4. The lowest BCUT2D eigenvalue weighted by Gasteiger charge is -2.06. The SMILES string of the molecule is Cc1cccnc1CNC(=O)c1ccc(C(=O)O)cn1. The number of aromatic carboxylic acids is 1. The average molecular weight is 271 g/mol. The van der Waals surface area contributed by atoms with Gasteiger partial charge in [-0.2, -0.15) is 0 Å². The molecule has 0 radical (unpaired) electrons. The Balaban J connectivity index is 2.02. The van der Waals surface area contributed by atoms with E-state index in [4.69, 9.17) is 5.11 Å². The van der Waals surface area contributed by atoms with Crippen LogP contribution in [0.2, 0.25) is 0 Å². The predicted octanol–water partition coefficient (Wildman–Crippen LogP) is 1.41. The summed E-state index contributed by atoms with van der Waals surface area (Å²) in [6.07, 6.45) is 2.82. The molecule has 0 aromatic carbocycles. The number of carbonyl (C=O) groups is 2. The van der Waals surface area contributed by atoms with Crippen molar-refractivity contribution in [3.63, 3.8) is 0 Å². The molecular weight excluding hydrogens is 258 g/mol. The van der Waals surface area contributed by atoms with E-state index in [9.17, 15) is 9.59 Å². The van der Waals surface area contributed by atoms with Gasteiger partial charge in [-0.25, -0.2) is 4.79 Å². The van der Waals surface area contributed by atoms with Crippen LogP contribution in [0.1, 0.15) is 32.1 Å². The number of hydrogen-bond donors (Lipinski definition) is 2. The van der Waals surface area contributed by atoms with E-state index in [2.05, 4.69) is 15.3 Å². The van der Waals surface area contributed by atoms with Gasteiger partial charge in [-0.3, -0.25) is 14.8 Å². The standard InChI is InChI=1S/C14H13N3O3/c1-9-3-2-6-15-12(9)8-17-13(18)11-5-4-10(7-16-11)14(19)20/h2-7H,8H2,1H3,(H,17,18)(H,19,20). The quantitative estimate of drug-likeness (QED) is 0.877. The highest BCUT2D eigenvalue weighted by Crippen LogP contribution is 2.04. The fourth-order valence-electron chi connectivity index (χ4n) is 1.61. The summed E-state index contributed by atoms with van der Waals surface area (Å²) >= 11 is 0. The number of nitrogens with one attached hydrogen (secondary N) is 1. The first-order valence-corrected chi connectivity index (χ1v) is 5.96. The van der Waals surface area contributed by atoms with Crippen molar-refractivity contribution in [1.82, 2.24) is 15.3 Å². The molecule has 1 amide bonds. The molecule has 0 fully saturated rings. The summed E-state index contributed by atoms with van der Waals surface area (Å²) < 4.78 is 0. The van der Waals surface area contributed by atoms with E-state index in [1.165, 1.54) is 12.1 Å². The third kappa shape index (κ3) is 3.17. The van der Waals surface area contributed by atoms with Gasteiger partial charge in [-0.05, 0) is 30.7 Å². The molecule has 0 saturated heterocycles. The van der Waals surface area contributed by atoms with Gasteiger partial charge in [0.2, 0.25) is 0 Å². The van der Waals surface area contributed by atoms with E-state index >= 15 is 0 Å². The Kier molecular flexibility index (Phi) is 4.05. The number of carboxylic acids is 1. The van der Waals surface area contributed by atoms with Crippen molar-refractivity contribution in [2.45, 2.75) is 13.5 Å². The lowest BCUT2D eigenvalue weighted by atomic mass is 10.2. The zero-order chi connectivity index (χ0) is 14.5. The van der Waals surface area contributed by atoms with Crippen LogP contribution in [0.4, 0.5) is 0 Å². The Labute approximate surface area is 115 Å². The normalized spacial score (nSPS) is 10.1. The Hall–Kier alpha value is -2.76. The molecular formula is C14H13N3O3. The molecule has 20 heavy (non-hydrogen) atoms. The van der Waals surface area contributed by atoms with Gasteiger partial charge in [0.1, 0.15) is 5.69 Å². The summed E-state index contributed by atoms with van der Waals surface area (Å²) in [4.78, 5) is 30.5. The molecule has 2 aromatic rings. The molecule has 2 aromatic heterocycles. The summed E-state index contributed by atoms with van der Waals surface area (Å²) in [6.45, 7) is 2.21. The lowest BCUT2D eigenvalue weighted by molar-refractivity contribution is 0.0695. The molecule has 0 spiro atoms. The van der Waals surface area contributed by atoms with E-state index < -0.39 is 5.97 Å². The van der Waals surface area contributed by atoms with E-state index in [0.29, 0.717) is 6.54 Å². The van der Waals surface area contributed by atoms with Crippen molar-refractivity contribution in [3.05, 3.63) is 59.2 Å². The minimum atomic E-state index is -1.08. The molecule has 6 heteroatoms. The number of amides is 1. The van der Waals surface area contributed by atoms with E-state index in [-0.39, 0.29) is 17.2 Å². The topological polar surface area (TPSA) is 92.2 Å². The van der Waals surface area contributed by atoms with Crippen molar-refractivity contribution in [2.24, 2.45) is 0 Å². The van der Waals surface area contributed by atoms with Gasteiger partial charge in [0.05, 0.1) is 17.8 Å². The minimum Gasteiger partial charge on any atom is -0.478 e. The van der Waals surface area contributed by atoms with Crippen LogP contribution in [0.3, 0.4) is 0 Å². The molecule has 2 heterocycles. The fraction of sp³-hybridized carbons (Fsp3) is 0.143. The molecule has 6 nitrogen and oxygen atoms in total. The van der Waals surface area contributed by atoms with Crippen molar-refractivity contribution in [2.75, 3.05) is 0 Å². The Morgan fingerprint density at radius 2 is 2.05 bits per heavy atom. The highest BCUT2D eigenvalue weighted by atomic mass is 16.4. The smallest absolute Gasteiger partial charge is 0.337 e. The molecule has 2 rings (SSSR count). The van der Waals surface area contributed by atoms with Gasteiger partial charge in [0.25, 0.3) is 5.91 Å². The number of aryl methyl sites for hydroxylation is 1. The Morgan fingerprint density at radius 3 is 2.65 bits per heavy atom. The van der Waals surface area contributed by atoms with Crippen molar-refractivity contribution in [3.8, 4) is 0 Å². The molecule has 0 atom stereocenters. The highest BCUT2D eigenvalue weighted by Gasteiger charge is 2.09. The van der Waals surface area contributed by atoms with Gasteiger partial charge < -0.3 is 10.4 Å². The average Bonchev–Trinajstić information content (AvgIpc) is 2.46. The summed E-state index contributed by atoms with van der Waals surface area (Å²) in [5.41, 5.74) is 1.98. The maximum atomic E-state index is 11.9. The summed E-state index contributed by atoms with van der Waals surface area (Å²) in [6, 6.07) is 6.46. The highest BCUT2D eigenvalue weighted by molar-refractivity contribution is 5.93. The summed E-state index contributed by atoms with van der Waals surface area (Å²) in [5.74, 6) is -1.44. The molecule has 2 N–H and O–H groups in total. The largest absolute Gasteiger partial charge is 0.478 e. The molecule has 0 bridgehead atoms. The maximum Gasteiger partial charge on any atom is 0.337 e. The van der Waals surface area contributed by atoms with E-state index in [1.54, 1.807) is 6.20 Å². The van der Waals surface area contributed by atoms with Crippen molar-refractivity contribution in [1.29, 1.82) is 0 Å². The molecule has 0 aliphatic carbocycles. The van der Waals surface area contributed by atoms with Crippen LogP contribution < -0.4 is 5.32 Å². The number of hydrogen-bond acceptors (Lipinski definition) is 4. The first-order chi connectivity index (χ1) is 9.58. The molecule has 0 aliphatic rings. The van der Waals surface area contributed by atoms with Gasteiger partial charge >= 0.3 is 5.97 Å². The van der Waals surface area contributed by atoms with E-state index in [0.717, 1.165) is 17.5 Å². The van der Waals surface area contributed by atoms with Crippen LogP contribution in [0.5, 0.6) is 0 Å². The number of carboxylic acid groups (broad SMARTS) is 1. The number of carbonyl (C=O) groups excluding carboxylic acids is 1. The van der Waals surface area contributed by atoms with Crippen LogP contribution in [0.25, 0.3) is 0 Å². The molecule has 0 aliphatic heterocycles. The van der Waals surface area contributed by atoms with Crippen molar-refractivity contribution >= 4 is 11.9 Å². The fourth-order valence-corrected chi connectivity index (χ4v) is 1.61. The van der Waals surface area contributed by atoms with Crippen LogP contribution in [0, 0.1) is 6.92 Å². The first kappa shape index (κ1) is 13.7. The van der Waals surface area contributed by atoms with Gasteiger partial charge in [0, 0.05) is 12.4 Å². The van der Waals surface area contributed by atoms with Crippen LogP contribution >= 0.6 is 0 Å². The zero-order valence-electron chi connectivity index (χ0n) is 10.8. The second-order valence-electron chi connectivity index (χ2n) is 4.19. The number of rotatable bonds is 4. The third-order valence-electron chi connectivity index (χ3n) is 2.78. The van der Waals surface area contributed by atoms with Gasteiger partial charge in [-0.15, -0.1) is 0 Å². The Morgan fingerprint density at radius 1 is 1.25 bits per heavy atom. The van der Waals surface area contributed by atoms with Gasteiger partial charge in [-0.1, -0.05) is 6.07 Å². The predicted molar refractivity (Wildman–Crippen MR) is 71.3 cm³/mol. The maximum absolute atomic E-state index is 11.9. The lowest BCUT2D eigenvalue weighted by Crippen LogP contribution is -2.24. The second kappa shape index (κ2) is 5.92. The minimum absolute atomic E-state index is 0.0436. The number of nitrogens with zero attached hydrogens (tertiary/aromatic N) is 2.